The lowest BCUT2D eigenvalue weighted by atomic mass is 9.84. The molecule has 0 bridgehead atoms. The molecular weight excluding hydrogens is 142 g/mol. The third-order valence-electron chi connectivity index (χ3n) is 2.21. The van der Waals surface area contributed by atoms with E-state index in [4.69, 9.17) is 5.11 Å². The highest BCUT2D eigenvalue weighted by Gasteiger charge is 2.40. The van der Waals surface area contributed by atoms with Crippen LogP contribution in [-0.2, 0) is 4.79 Å². The Morgan fingerprint density at radius 2 is 2.55 bits per heavy atom. The van der Waals surface area contributed by atoms with Gasteiger partial charge in [0.15, 0.2) is 0 Å². The van der Waals surface area contributed by atoms with Crippen LogP contribution in [0.5, 0.6) is 0 Å². The largest absolute Gasteiger partial charge is 0.395 e. The van der Waals surface area contributed by atoms with Gasteiger partial charge in [0.1, 0.15) is 0 Å². The van der Waals surface area contributed by atoms with Gasteiger partial charge in [-0.05, 0) is 12.8 Å². The van der Waals surface area contributed by atoms with Crippen LogP contribution in [0.25, 0.3) is 0 Å². The van der Waals surface area contributed by atoms with Crippen molar-refractivity contribution in [3.63, 3.8) is 0 Å². The van der Waals surface area contributed by atoms with Crippen molar-refractivity contribution in [3.05, 3.63) is 12.7 Å². The molecule has 2 N–H and O–H groups in total. The Kier molecular flexibility index (Phi) is 2.29. The van der Waals surface area contributed by atoms with Gasteiger partial charge in [-0.3, -0.25) is 4.79 Å². The molecule has 3 heteroatoms. The molecule has 1 aliphatic heterocycles. The molecular formula is C8H13NO2. The number of rotatable bonds is 3. The number of carbonyl (C=O) groups is 1. The molecule has 0 saturated carbocycles. The van der Waals surface area contributed by atoms with Crippen LogP contribution >= 0.6 is 0 Å². The molecule has 1 atom stereocenters. The van der Waals surface area contributed by atoms with Gasteiger partial charge in [-0.2, -0.15) is 0 Å². The van der Waals surface area contributed by atoms with E-state index in [2.05, 4.69) is 11.9 Å². The number of hydrogen-bond acceptors (Lipinski definition) is 2. The number of aliphatic hydroxyl groups is 1. The lowest BCUT2D eigenvalue weighted by Crippen LogP contribution is -2.34. The van der Waals surface area contributed by atoms with Crippen LogP contribution in [0.15, 0.2) is 12.7 Å². The number of amides is 1. The number of allylic oxidation sites excluding steroid dienone is 1. The first-order valence-corrected chi connectivity index (χ1v) is 3.75. The summed E-state index contributed by atoms with van der Waals surface area (Å²) in [4.78, 5) is 11.2. The predicted octanol–water partition coefficient (Wildman–Crippen LogP) is 0.0611. The quantitative estimate of drug-likeness (QED) is 0.566. The van der Waals surface area contributed by atoms with Gasteiger partial charge in [-0.25, -0.2) is 0 Å². The van der Waals surface area contributed by atoms with Crippen molar-refractivity contribution >= 4 is 5.91 Å². The normalized spacial score (nSPS) is 30.1. The summed E-state index contributed by atoms with van der Waals surface area (Å²) in [6.07, 6.45) is 2.96. The molecule has 1 unspecified atom stereocenters. The van der Waals surface area contributed by atoms with Crippen molar-refractivity contribution in [1.29, 1.82) is 0 Å². The topological polar surface area (TPSA) is 49.3 Å². The number of hydrogen-bond donors (Lipinski definition) is 2. The second-order valence-electron chi connectivity index (χ2n) is 2.94. The Labute approximate surface area is 66.1 Å². The molecule has 0 aromatic rings. The number of aliphatic hydroxyl groups excluding tert-OH is 1. The fourth-order valence-corrected chi connectivity index (χ4v) is 1.40. The average Bonchev–Trinajstić information content (AvgIpc) is 2.35. The van der Waals surface area contributed by atoms with Crippen LogP contribution in [0.2, 0.25) is 0 Å². The molecule has 3 nitrogen and oxygen atoms in total. The van der Waals surface area contributed by atoms with E-state index in [1.165, 1.54) is 0 Å². The maximum atomic E-state index is 11.2. The van der Waals surface area contributed by atoms with Gasteiger partial charge < -0.3 is 10.4 Å². The van der Waals surface area contributed by atoms with Gasteiger partial charge >= 0.3 is 0 Å². The molecule has 1 heterocycles. The van der Waals surface area contributed by atoms with Crippen LogP contribution in [0.3, 0.4) is 0 Å². The second-order valence-corrected chi connectivity index (χ2v) is 2.94. The molecule has 0 aliphatic carbocycles. The van der Waals surface area contributed by atoms with E-state index < -0.39 is 5.41 Å². The summed E-state index contributed by atoms with van der Waals surface area (Å²) in [6, 6.07) is 0. The summed E-state index contributed by atoms with van der Waals surface area (Å²) >= 11 is 0. The van der Waals surface area contributed by atoms with E-state index in [1.807, 2.05) is 0 Å². The van der Waals surface area contributed by atoms with E-state index >= 15 is 0 Å². The summed E-state index contributed by atoms with van der Waals surface area (Å²) in [5.74, 6) is -0.0418. The maximum absolute atomic E-state index is 11.2. The first-order valence-electron chi connectivity index (χ1n) is 3.75. The maximum Gasteiger partial charge on any atom is 0.228 e. The van der Waals surface area contributed by atoms with Crippen LogP contribution in [0.4, 0.5) is 0 Å². The highest BCUT2D eigenvalue weighted by atomic mass is 16.3. The summed E-state index contributed by atoms with van der Waals surface area (Å²) in [5, 5.41) is 11.7. The molecule has 0 aromatic heterocycles. The summed E-state index contributed by atoms with van der Waals surface area (Å²) < 4.78 is 0. The van der Waals surface area contributed by atoms with E-state index in [0.29, 0.717) is 19.4 Å². The van der Waals surface area contributed by atoms with E-state index in [1.54, 1.807) is 6.08 Å². The smallest absolute Gasteiger partial charge is 0.228 e. The number of carbonyl (C=O) groups excluding carboxylic acids is 1. The van der Waals surface area contributed by atoms with Crippen molar-refractivity contribution in [2.24, 2.45) is 5.41 Å². The van der Waals surface area contributed by atoms with Crippen molar-refractivity contribution in [2.45, 2.75) is 12.8 Å². The highest BCUT2D eigenvalue weighted by Crippen LogP contribution is 2.30. The molecule has 0 spiro atoms. The molecule has 0 aromatic carbocycles. The Morgan fingerprint density at radius 3 is 2.91 bits per heavy atom. The Bertz CT molecular complexity index is 179. The SMILES string of the molecule is C=CCC1(CO)CCNC1=O. The van der Waals surface area contributed by atoms with Crippen molar-refractivity contribution < 1.29 is 9.90 Å². The fraction of sp³-hybridized carbons (Fsp3) is 0.625. The molecule has 1 fully saturated rings. The minimum atomic E-state index is -0.568. The first-order chi connectivity index (χ1) is 5.25. The van der Waals surface area contributed by atoms with Gasteiger partial charge in [-0.1, -0.05) is 6.08 Å². The van der Waals surface area contributed by atoms with Crippen molar-refractivity contribution in [2.75, 3.05) is 13.2 Å². The third-order valence-corrected chi connectivity index (χ3v) is 2.21. The Hall–Kier alpha value is -0.830. The molecule has 0 radical (unpaired) electrons. The van der Waals surface area contributed by atoms with Crippen LogP contribution in [-0.4, -0.2) is 24.2 Å². The molecule has 1 amide bonds. The zero-order valence-electron chi connectivity index (χ0n) is 6.47. The van der Waals surface area contributed by atoms with Gasteiger partial charge in [0.25, 0.3) is 0 Å². The first kappa shape index (κ1) is 8.27. The molecule has 11 heavy (non-hydrogen) atoms. The monoisotopic (exact) mass is 155 g/mol. The van der Waals surface area contributed by atoms with Crippen LogP contribution in [0, 0.1) is 5.41 Å². The van der Waals surface area contributed by atoms with Gasteiger partial charge in [0.2, 0.25) is 5.91 Å². The summed E-state index contributed by atoms with van der Waals surface area (Å²) in [5.41, 5.74) is -0.568. The molecule has 1 rings (SSSR count). The fourth-order valence-electron chi connectivity index (χ4n) is 1.40. The lowest BCUT2D eigenvalue weighted by molar-refractivity contribution is -0.129. The van der Waals surface area contributed by atoms with Gasteiger partial charge in [0.05, 0.1) is 12.0 Å². The van der Waals surface area contributed by atoms with Crippen LogP contribution in [0.1, 0.15) is 12.8 Å². The predicted molar refractivity (Wildman–Crippen MR) is 42.0 cm³/mol. The third kappa shape index (κ3) is 1.28. The van der Waals surface area contributed by atoms with Gasteiger partial charge in [0, 0.05) is 6.54 Å². The molecule has 1 aliphatic rings. The second kappa shape index (κ2) is 3.05. The zero-order chi connectivity index (χ0) is 8.32. The van der Waals surface area contributed by atoms with E-state index in [-0.39, 0.29) is 12.5 Å². The Balaban J connectivity index is 2.72. The summed E-state index contributed by atoms with van der Waals surface area (Å²) in [6.45, 7) is 4.16. The minimum Gasteiger partial charge on any atom is -0.395 e. The number of nitrogens with one attached hydrogen (secondary N) is 1. The summed E-state index contributed by atoms with van der Waals surface area (Å²) in [7, 11) is 0. The lowest BCUT2D eigenvalue weighted by Gasteiger charge is -2.20. The van der Waals surface area contributed by atoms with Crippen LogP contribution < -0.4 is 5.32 Å². The average molecular weight is 155 g/mol. The standard InChI is InChI=1S/C8H13NO2/c1-2-3-8(6-10)4-5-9-7(8)11/h2,10H,1,3-6H2,(H,9,11). The van der Waals surface area contributed by atoms with Crippen molar-refractivity contribution in [3.8, 4) is 0 Å². The molecule has 1 saturated heterocycles. The molecule has 62 valence electrons. The minimum absolute atomic E-state index is 0.0418. The van der Waals surface area contributed by atoms with Crippen molar-refractivity contribution in [1.82, 2.24) is 5.32 Å². The van der Waals surface area contributed by atoms with E-state index in [9.17, 15) is 4.79 Å². The van der Waals surface area contributed by atoms with E-state index in [0.717, 1.165) is 0 Å². The highest BCUT2D eigenvalue weighted by molar-refractivity contribution is 5.84. The van der Waals surface area contributed by atoms with Gasteiger partial charge in [-0.15, -0.1) is 6.58 Å². The zero-order valence-corrected chi connectivity index (χ0v) is 6.47. The Morgan fingerprint density at radius 1 is 1.82 bits per heavy atom.